The lowest BCUT2D eigenvalue weighted by molar-refractivity contribution is -0.136. The third kappa shape index (κ3) is 5.50. The van der Waals surface area contributed by atoms with Crippen LogP contribution in [0.4, 0.5) is 10.2 Å². The zero-order valence-electron chi connectivity index (χ0n) is 25.3. The molecule has 3 aromatic carbocycles. The molecule has 10 nitrogen and oxygen atoms in total. The largest absolute Gasteiger partial charge is 0.508 e. The van der Waals surface area contributed by atoms with Gasteiger partial charge in [0.25, 0.3) is 0 Å². The third-order valence-corrected chi connectivity index (χ3v) is 9.63. The number of carbonyl (C=O) groups excluding carboxylic acids is 2. The minimum atomic E-state index is -0.516. The summed E-state index contributed by atoms with van der Waals surface area (Å²) in [5.41, 5.74) is 6.34. The average molecular weight is 613 g/mol. The van der Waals surface area contributed by atoms with E-state index in [1.165, 1.54) is 0 Å². The Bertz CT molecular complexity index is 1790. The number of phenols is 1. The Morgan fingerprint density at radius 2 is 1.78 bits per heavy atom. The number of halogens is 1. The number of primary amides is 1. The van der Waals surface area contributed by atoms with Gasteiger partial charge < -0.3 is 30.3 Å². The van der Waals surface area contributed by atoms with E-state index in [0.29, 0.717) is 42.0 Å². The minimum Gasteiger partial charge on any atom is -0.508 e. The molecule has 2 bridgehead atoms. The van der Waals surface area contributed by atoms with Gasteiger partial charge in [-0.25, -0.2) is 4.39 Å². The van der Waals surface area contributed by atoms with E-state index >= 15 is 4.39 Å². The Morgan fingerprint density at radius 3 is 2.51 bits per heavy atom. The van der Waals surface area contributed by atoms with Crippen molar-refractivity contribution < 1.29 is 23.8 Å². The fourth-order valence-corrected chi connectivity index (χ4v) is 7.36. The van der Waals surface area contributed by atoms with Crippen LogP contribution < -0.4 is 15.4 Å². The monoisotopic (exact) mass is 612 g/mol. The first-order valence-electron chi connectivity index (χ1n) is 15.7. The number of nitrogens with two attached hydrogens (primary N) is 1. The third-order valence-electron chi connectivity index (χ3n) is 9.63. The lowest BCUT2D eigenvalue weighted by Gasteiger charge is -2.42. The second-order valence-corrected chi connectivity index (χ2v) is 12.5. The summed E-state index contributed by atoms with van der Waals surface area (Å²) in [6.07, 6.45) is 3.91. The first-order valence-corrected chi connectivity index (χ1v) is 15.7. The molecular formula is C34H37FN6O4. The summed E-state index contributed by atoms with van der Waals surface area (Å²) in [7, 11) is 2.07. The number of likely N-dealkylation sites (tertiary alicyclic amines) is 1. The zero-order chi connectivity index (χ0) is 31.2. The number of fused-ring (bicyclic) bond motifs is 4. The summed E-state index contributed by atoms with van der Waals surface area (Å²) in [5, 5.41) is 12.7. The van der Waals surface area contributed by atoms with E-state index in [1.807, 2.05) is 35.2 Å². The molecule has 1 aromatic heterocycles. The van der Waals surface area contributed by atoms with Crippen molar-refractivity contribution in [2.24, 2.45) is 5.73 Å². The van der Waals surface area contributed by atoms with E-state index < -0.39 is 11.7 Å². The van der Waals surface area contributed by atoms with Crippen LogP contribution in [0.2, 0.25) is 0 Å². The lowest BCUT2D eigenvalue weighted by atomic mass is 9.96. The van der Waals surface area contributed by atoms with Gasteiger partial charge in [-0.3, -0.25) is 9.59 Å². The van der Waals surface area contributed by atoms with Crippen LogP contribution in [0.5, 0.6) is 11.8 Å². The van der Waals surface area contributed by atoms with Gasteiger partial charge in [-0.05, 0) is 73.8 Å². The number of anilines is 1. The van der Waals surface area contributed by atoms with E-state index in [4.69, 9.17) is 15.5 Å². The predicted octanol–water partition coefficient (Wildman–Crippen LogP) is 4.21. The molecule has 3 fully saturated rings. The van der Waals surface area contributed by atoms with Gasteiger partial charge in [-0.15, -0.1) is 0 Å². The van der Waals surface area contributed by atoms with Crippen LogP contribution in [0, 0.1) is 5.82 Å². The molecule has 3 atom stereocenters. The molecule has 11 heteroatoms. The molecule has 4 aromatic rings. The maximum atomic E-state index is 16.7. The molecule has 3 saturated heterocycles. The van der Waals surface area contributed by atoms with Gasteiger partial charge in [0, 0.05) is 55.0 Å². The molecule has 2 amide bonds. The number of ether oxygens (including phenoxy) is 1. The summed E-state index contributed by atoms with van der Waals surface area (Å²) < 4.78 is 22.9. The Kier molecular flexibility index (Phi) is 7.64. The van der Waals surface area contributed by atoms with Crippen LogP contribution in [0.25, 0.3) is 32.8 Å². The normalized spacial score (nSPS) is 21.6. The number of piperazine rings is 1. The first kappa shape index (κ1) is 29.2. The second-order valence-electron chi connectivity index (χ2n) is 12.5. The van der Waals surface area contributed by atoms with Crippen LogP contribution in [-0.4, -0.2) is 88.1 Å². The number of rotatable bonds is 8. The molecule has 4 heterocycles. The number of hydrogen-bond donors (Lipinski definition) is 2. The predicted molar refractivity (Wildman–Crippen MR) is 170 cm³/mol. The quantitative estimate of drug-likeness (QED) is 0.303. The van der Waals surface area contributed by atoms with Gasteiger partial charge in [-0.2, -0.15) is 9.97 Å². The summed E-state index contributed by atoms with van der Waals surface area (Å²) in [6, 6.07) is 14.6. The van der Waals surface area contributed by atoms with Gasteiger partial charge in [0.15, 0.2) is 5.82 Å². The summed E-state index contributed by atoms with van der Waals surface area (Å²) in [5.74, 6) is -0.444. The van der Waals surface area contributed by atoms with E-state index in [-0.39, 0.29) is 54.2 Å². The molecular weight excluding hydrogens is 575 g/mol. The maximum absolute atomic E-state index is 16.7. The lowest BCUT2D eigenvalue weighted by Crippen LogP contribution is -2.56. The fraction of sp³-hybridized carbons (Fsp3) is 0.412. The number of amides is 2. The number of likely N-dealkylation sites (N-methyl/N-ethyl adjacent to an activating group) is 1. The van der Waals surface area contributed by atoms with E-state index in [1.54, 1.807) is 18.2 Å². The Hall–Kier alpha value is -4.51. The van der Waals surface area contributed by atoms with Gasteiger partial charge in [0.1, 0.15) is 23.7 Å². The van der Waals surface area contributed by atoms with Crippen LogP contribution in [0.1, 0.15) is 38.5 Å². The van der Waals surface area contributed by atoms with Crippen molar-refractivity contribution >= 4 is 39.3 Å². The molecule has 3 aliphatic heterocycles. The molecule has 3 N–H and O–H groups in total. The van der Waals surface area contributed by atoms with Crippen molar-refractivity contribution in [2.45, 2.75) is 56.7 Å². The van der Waals surface area contributed by atoms with Crippen molar-refractivity contribution in [1.29, 1.82) is 0 Å². The van der Waals surface area contributed by atoms with E-state index in [0.717, 1.165) is 43.0 Å². The second kappa shape index (κ2) is 11.8. The number of aromatic nitrogens is 2. The number of phenolic OH excluding ortho intramolecular Hbond substituents is 1. The van der Waals surface area contributed by atoms with Crippen LogP contribution >= 0.6 is 0 Å². The van der Waals surface area contributed by atoms with Gasteiger partial charge in [0.2, 0.25) is 11.8 Å². The molecule has 7 rings (SSSR count). The number of aromatic hydroxyl groups is 1. The molecule has 3 aliphatic rings. The summed E-state index contributed by atoms with van der Waals surface area (Å²) in [4.78, 5) is 40.1. The van der Waals surface area contributed by atoms with Crippen LogP contribution in [0.15, 0.2) is 48.5 Å². The number of hydrogen-bond acceptors (Lipinski definition) is 8. The SMILES string of the molecule is CN1CCC[C@H]1COc1nc(N2CC3CCC(C2)N3C(=O)CCC(N)=O)c2ccc(-c3cc(O)cc4ccccc34)c(F)c2n1. The highest BCUT2D eigenvalue weighted by Crippen LogP contribution is 2.40. The van der Waals surface area contributed by atoms with Crippen molar-refractivity contribution in [2.75, 3.05) is 38.2 Å². The number of benzene rings is 3. The molecule has 234 valence electrons. The van der Waals surface area contributed by atoms with Crippen LogP contribution in [-0.2, 0) is 9.59 Å². The highest BCUT2D eigenvalue weighted by molar-refractivity contribution is 6.01. The smallest absolute Gasteiger partial charge is 0.319 e. The molecule has 0 spiro atoms. The van der Waals surface area contributed by atoms with E-state index in [2.05, 4.69) is 21.8 Å². The fourth-order valence-electron chi connectivity index (χ4n) is 7.36. The standard InChI is InChI=1S/C34H37FN6O4/c1-39-14-4-6-23(39)19-45-34-37-32-27(11-10-26(31(32)35)28-16-24(42)15-20-5-2-3-7-25(20)28)33(38-34)40-17-21-8-9-22(18-40)41(21)30(44)13-12-29(36)43/h2-3,5,7,10-11,15-16,21-23,42H,4,6,8-9,12-14,17-19H2,1H3,(H2,36,43)/t21?,22?,23-/m0/s1. The van der Waals surface area contributed by atoms with Gasteiger partial charge in [-0.1, -0.05) is 30.3 Å². The molecule has 0 aliphatic carbocycles. The van der Waals surface area contributed by atoms with Crippen molar-refractivity contribution in [1.82, 2.24) is 19.8 Å². The van der Waals surface area contributed by atoms with E-state index in [9.17, 15) is 14.7 Å². The highest BCUT2D eigenvalue weighted by Gasteiger charge is 2.43. The summed E-state index contributed by atoms with van der Waals surface area (Å²) in [6.45, 7) is 2.44. The Balaban J connectivity index is 1.28. The van der Waals surface area contributed by atoms with Crippen molar-refractivity contribution in [3.8, 4) is 22.9 Å². The topological polar surface area (TPSA) is 125 Å². The maximum Gasteiger partial charge on any atom is 0.319 e. The van der Waals surface area contributed by atoms with Crippen molar-refractivity contribution in [3.05, 3.63) is 54.3 Å². The molecule has 2 unspecified atom stereocenters. The van der Waals surface area contributed by atoms with Crippen molar-refractivity contribution in [3.63, 3.8) is 0 Å². The summed E-state index contributed by atoms with van der Waals surface area (Å²) >= 11 is 0. The Morgan fingerprint density at radius 1 is 1.00 bits per heavy atom. The highest BCUT2D eigenvalue weighted by atomic mass is 19.1. The van der Waals surface area contributed by atoms with Gasteiger partial charge in [0.05, 0.1) is 0 Å². The average Bonchev–Trinajstić information content (AvgIpc) is 3.56. The van der Waals surface area contributed by atoms with Crippen LogP contribution in [0.3, 0.4) is 0 Å². The number of carbonyl (C=O) groups is 2. The Labute approximate surface area is 260 Å². The minimum absolute atomic E-state index is 0.0298. The van der Waals surface area contributed by atoms with Gasteiger partial charge >= 0.3 is 6.01 Å². The molecule has 0 radical (unpaired) electrons. The zero-order valence-corrected chi connectivity index (χ0v) is 25.3. The first-order chi connectivity index (χ1) is 21.8. The molecule has 45 heavy (non-hydrogen) atoms. The molecule has 0 saturated carbocycles. The number of nitrogens with zero attached hydrogens (tertiary/aromatic N) is 5.